The summed E-state index contributed by atoms with van der Waals surface area (Å²) in [4.78, 5) is 22.5. The van der Waals surface area contributed by atoms with Crippen molar-refractivity contribution in [2.45, 2.75) is 26.2 Å². The number of benzene rings is 1. The van der Waals surface area contributed by atoms with Crippen molar-refractivity contribution in [3.05, 3.63) is 28.6 Å². The van der Waals surface area contributed by atoms with E-state index in [1.807, 2.05) is 6.92 Å². The molecular weight excluding hydrogens is 304 g/mol. The van der Waals surface area contributed by atoms with Gasteiger partial charge in [-0.3, -0.25) is 4.79 Å². The minimum absolute atomic E-state index is 0.0585. The van der Waals surface area contributed by atoms with E-state index in [1.54, 1.807) is 12.1 Å². The topological polar surface area (TPSA) is 106 Å². The Morgan fingerprint density at radius 3 is 2.74 bits per heavy atom. The molecule has 0 unspecified atom stereocenters. The molecule has 23 heavy (non-hydrogen) atoms. The largest absolute Gasteiger partial charge is 0.504 e. The fourth-order valence-corrected chi connectivity index (χ4v) is 1.97. The van der Waals surface area contributed by atoms with E-state index in [1.165, 1.54) is 6.07 Å². The Kier molecular flexibility index (Phi) is 5.46. The number of unbranched alkanes of at least 4 members (excludes halogenated alkanes) is 1. The van der Waals surface area contributed by atoms with Crippen LogP contribution in [0.1, 0.15) is 26.2 Å². The van der Waals surface area contributed by atoms with Gasteiger partial charge in [-0.15, -0.1) is 0 Å². The molecular formula is C16H18O7. The fourth-order valence-electron chi connectivity index (χ4n) is 1.97. The minimum atomic E-state index is -0.999. The average Bonchev–Trinajstić information content (AvgIpc) is 2.51. The van der Waals surface area contributed by atoms with Crippen LogP contribution in [0.25, 0.3) is 11.0 Å². The zero-order chi connectivity index (χ0) is 16.8. The van der Waals surface area contributed by atoms with Crippen molar-refractivity contribution in [2.24, 2.45) is 0 Å². The zero-order valence-corrected chi connectivity index (χ0v) is 12.7. The Hall–Kier alpha value is -2.70. The number of carbonyl (C=O) groups is 1. The lowest BCUT2D eigenvalue weighted by atomic mass is 10.2. The molecule has 1 aromatic carbocycles. The molecule has 0 saturated heterocycles. The second kappa shape index (κ2) is 7.53. The summed E-state index contributed by atoms with van der Waals surface area (Å²) in [5.74, 6) is -1.35. The summed E-state index contributed by atoms with van der Waals surface area (Å²) in [7, 11) is 0. The molecule has 7 nitrogen and oxygen atoms in total. The molecule has 0 fully saturated rings. The van der Waals surface area contributed by atoms with Crippen LogP contribution in [-0.2, 0) is 4.79 Å². The van der Waals surface area contributed by atoms with Crippen LogP contribution < -0.4 is 15.1 Å². The standard InChI is InChI=1S/C16H18O7/c1-2-3-8-22-15-13(19)10-5-4-6-11(14(10)23-16(15)20)21-9-7-12(17)18/h4-6,19H,2-3,7-9H2,1H3,(H,17,18). The number of carboxylic acid groups (broad SMARTS) is 1. The highest BCUT2D eigenvalue weighted by molar-refractivity contribution is 5.89. The molecule has 124 valence electrons. The quantitative estimate of drug-likeness (QED) is 0.568. The van der Waals surface area contributed by atoms with Crippen molar-refractivity contribution >= 4 is 16.9 Å². The van der Waals surface area contributed by atoms with Gasteiger partial charge in [-0.25, -0.2) is 4.79 Å². The summed E-state index contributed by atoms with van der Waals surface area (Å²) in [6, 6.07) is 4.70. The summed E-state index contributed by atoms with van der Waals surface area (Å²) in [5.41, 5.74) is -0.747. The molecule has 0 spiro atoms. The average molecular weight is 322 g/mol. The molecule has 0 atom stereocenters. The summed E-state index contributed by atoms with van der Waals surface area (Å²) < 4.78 is 15.8. The van der Waals surface area contributed by atoms with Crippen molar-refractivity contribution < 1.29 is 28.9 Å². The van der Waals surface area contributed by atoms with Gasteiger partial charge in [0, 0.05) is 0 Å². The van der Waals surface area contributed by atoms with E-state index in [0.29, 0.717) is 6.61 Å². The molecule has 0 aliphatic rings. The van der Waals surface area contributed by atoms with Gasteiger partial charge in [0.15, 0.2) is 17.1 Å². The monoisotopic (exact) mass is 322 g/mol. The molecule has 0 bridgehead atoms. The van der Waals surface area contributed by atoms with E-state index >= 15 is 0 Å². The molecule has 0 radical (unpaired) electrons. The predicted octanol–water partition coefficient (Wildman–Crippen LogP) is 2.53. The van der Waals surface area contributed by atoms with Crippen LogP contribution in [0.5, 0.6) is 17.2 Å². The number of rotatable bonds is 8. The third-order valence-corrected chi connectivity index (χ3v) is 3.15. The number of ether oxygens (including phenoxy) is 2. The SMILES string of the molecule is CCCCOc1c(O)c2cccc(OCCC(=O)O)c2oc1=O. The van der Waals surface area contributed by atoms with Crippen LogP contribution in [0.4, 0.5) is 0 Å². The van der Waals surface area contributed by atoms with Crippen molar-refractivity contribution in [3.63, 3.8) is 0 Å². The zero-order valence-electron chi connectivity index (χ0n) is 12.7. The second-order valence-corrected chi connectivity index (χ2v) is 4.89. The number of hydrogen-bond donors (Lipinski definition) is 2. The summed E-state index contributed by atoms with van der Waals surface area (Å²) >= 11 is 0. The fraction of sp³-hybridized carbons (Fsp3) is 0.375. The third kappa shape index (κ3) is 3.94. The van der Waals surface area contributed by atoms with Gasteiger partial charge in [-0.1, -0.05) is 19.4 Å². The van der Waals surface area contributed by atoms with Crippen molar-refractivity contribution in [2.75, 3.05) is 13.2 Å². The third-order valence-electron chi connectivity index (χ3n) is 3.15. The first kappa shape index (κ1) is 16.7. The number of fused-ring (bicyclic) bond motifs is 1. The van der Waals surface area contributed by atoms with E-state index in [0.717, 1.165) is 12.8 Å². The maximum Gasteiger partial charge on any atom is 0.383 e. The predicted molar refractivity (Wildman–Crippen MR) is 82.3 cm³/mol. The Balaban J connectivity index is 2.35. The normalized spacial score (nSPS) is 10.7. The Labute approximate surface area is 132 Å². The molecule has 1 aromatic heterocycles. The van der Waals surface area contributed by atoms with E-state index in [9.17, 15) is 14.7 Å². The lowest BCUT2D eigenvalue weighted by Crippen LogP contribution is -2.09. The molecule has 0 amide bonds. The first-order valence-electron chi connectivity index (χ1n) is 7.30. The number of hydrogen-bond acceptors (Lipinski definition) is 6. The van der Waals surface area contributed by atoms with E-state index < -0.39 is 11.6 Å². The Bertz CT molecular complexity index is 748. The molecule has 0 saturated carbocycles. The Morgan fingerprint density at radius 2 is 2.04 bits per heavy atom. The highest BCUT2D eigenvalue weighted by atomic mass is 16.5. The summed E-state index contributed by atoms with van der Waals surface area (Å²) in [5, 5.41) is 19.1. The molecule has 0 aliphatic carbocycles. The molecule has 2 aromatic rings. The summed E-state index contributed by atoms with van der Waals surface area (Å²) in [6.45, 7) is 2.20. The maximum absolute atomic E-state index is 12.0. The molecule has 2 N–H and O–H groups in total. The van der Waals surface area contributed by atoms with Gasteiger partial charge in [-0.05, 0) is 18.6 Å². The van der Waals surface area contributed by atoms with E-state index in [-0.39, 0.29) is 41.2 Å². The smallest absolute Gasteiger partial charge is 0.383 e. The van der Waals surface area contributed by atoms with Crippen LogP contribution in [-0.4, -0.2) is 29.4 Å². The number of carboxylic acids is 1. The van der Waals surface area contributed by atoms with Gasteiger partial charge >= 0.3 is 11.6 Å². The Morgan fingerprint density at radius 1 is 1.26 bits per heavy atom. The number of para-hydroxylation sites is 1. The molecule has 0 aliphatic heterocycles. The van der Waals surface area contributed by atoms with Crippen LogP contribution in [0.3, 0.4) is 0 Å². The van der Waals surface area contributed by atoms with Gasteiger partial charge < -0.3 is 24.1 Å². The maximum atomic E-state index is 12.0. The first-order chi connectivity index (χ1) is 11.0. The van der Waals surface area contributed by atoms with Crippen molar-refractivity contribution in [1.82, 2.24) is 0 Å². The lowest BCUT2D eigenvalue weighted by molar-refractivity contribution is -0.137. The van der Waals surface area contributed by atoms with E-state index in [4.69, 9.17) is 19.0 Å². The second-order valence-electron chi connectivity index (χ2n) is 4.89. The molecule has 2 rings (SSSR count). The van der Waals surface area contributed by atoms with Gasteiger partial charge in [0.1, 0.15) is 0 Å². The van der Waals surface area contributed by atoms with Gasteiger partial charge in [0.2, 0.25) is 5.75 Å². The molecule has 1 heterocycles. The van der Waals surface area contributed by atoms with E-state index in [2.05, 4.69) is 0 Å². The summed E-state index contributed by atoms with van der Waals surface area (Å²) in [6.07, 6.45) is 1.45. The first-order valence-corrected chi connectivity index (χ1v) is 7.30. The van der Waals surface area contributed by atoms with Gasteiger partial charge in [-0.2, -0.15) is 0 Å². The lowest BCUT2D eigenvalue weighted by Gasteiger charge is -2.10. The van der Waals surface area contributed by atoms with Crippen molar-refractivity contribution in [3.8, 4) is 17.2 Å². The number of aliphatic carboxylic acids is 1. The van der Waals surface area contributed by atoms with Gasteiger partial charge in [0.25, 0.3) is 0 Å². The minimum Gasteiger partial charge on any atom is -0.504 e. The van der Waals surface area contributed by atoms with Crippen LogP contribution in [0.2, 0.25) is 0 Å². The molecule has 7 heteroatoms. The highest BCUT2D eigenvalue weighted by Crippen LogP contribution is 2.35. The van der Waals surface area contributed by atoms with Crippen LogP contribution in [0, 0.1) is 0 Å². The van der Waals surface area contributed by atoms with Crippen molar-refractivity contribution in [1.29, 1.82) is 0 Å². The van der Waals surface area contributed by atoms with Crippen LogP contribution in [0.15, 0.2) is 27.4 Å². The number of aromatic hydroxyl groups is 1. The van der Waals surface area contributed by atoms with Gasteiger partial charge in [0.05, 0.1) is 25.0 Å². The highest BCUT2D eigenvalue weighted by Gasteiger charge is 2.18. The van der Waals surface area contributed by atoms with Crippen LogP contribution >= 0.6 is 0 Å².